The molecule has 160 valence electrons. The molecule has 9 nitrogen and oxygen atoms in total. The highest BCUT2D eigenvalue weighted by Crippen LogP contribution is 2.35. The summed E-state index contributed by atoms with van der Waals surface area (Å²) in [6.07, 6.45) is 3.02. The van der Waals surface area contributed by atoms with Gasteiger partial charge >= 0.3 is 5.97 Å². The van der Waals surface area contributed by atoms with Crippen molar-refractivity contribution < 1.29 is 28.7 Å². The van der Waals surface area contributed by atoms with Crippen LogP contribution < -0.4 is 14.8 Å². The van der Waals surface area contributed by atoms with Crippen molar-refractivity contribution in [1.29, 1.82) is 0 Å². The molecule has 1 aliphatic rings. The van der Waals surface area contributed by atoms with Gasteiger partial charge in [0.1, 0.15) is 5.56 Å². The van der Waals surface area contributed by atoms with E-state index < -0.39 is 28.6 Å². The number of ether oxygens (including phenoxy) is 3. The fourth-order valence-electron chi connectivity index (χ4n) is 3.40. The van der Waals surface area contributed by atoms with Crippen LogP contribution in [0.25, 0.3) is 0 Å². The molecule has 2 rings (SSSR count). The summed E-state index contributed by atoms with van der Waals surface area (Å²) in [7, 11) is 1.36. The molecule has 1 saturated carbocycles. The molecule has 0 aliphatic heterocycles. The summed E-state index contributed by atoms with van der Waals surface area (Å²) < 4.78 is 15.7. The minimum Gasteiger partial charge on any atom is -0.493 e. The molecule has 9 heteroatoms. The second-order valence-electron chi connectivity index (χ2n) is 7.13. The first-order valence-electron chi connectivity index (χ1n) is 9.79. The Kier molecular flexibility index (Phi) is 7.81. The number of carbonyl (C=O) groups excluding carboxylic acids is 2. The van der Waals surface area contributed by atoms with Crippen molar-refractivity contribution in [2.24, 2.45) is 5.92 Å². The van der Waals surface area contributed by atoms with Crippen LogP contribution in [-0.2, 0) is 9.53 Å². The molecule has 1 N–H and O–H groups in total. The molecule has 0 bridgehead atoms. The first-order valence-corrected chi connectivity index (χ1v) is 9.79. The number of hydrogen-bond acceptors (Lipinski definition) is 7. The molecular formula is C20H28N2O7. The molecule has 0 saturated heterocycles. The Morgan fingerprint density at radius 3 is 2.55 bits per heavy atom. The number of nitrogens with zero attached hydrogens (tertiary/aromatic N) is 1. The molecular weight excluding hydrogens is 380 g/mol. The van der Waals surface area contributed by atoms with E-state index in [1.165, 1.54) is 20.1 Å². The van der Waals surface area contributed by atoms with Gasteiger partial charge in [-0.05, 0) is 32.6 Å². The van der Waals surface area contributed by atoms with Gasteiger partial charge in [-0.1, -0.05) is 19.8 Å². The summed E-state index contributed by atoms with van der Waals surface area (Å²) >= 11 is 0. The standard InChI is InChI=1S/C20H28N2O7/c1-5-28-18-11-16(22(25)26)14(10-17(18)27-4)20(24)29-13(3)19(23)21-15-9-7-6-8-12(15)2/h10-13,15H,5-9H2,1-4H3,(H,21,23). The molecule has 1 amide bonds. The predicted molar refractivity (Wildman–Crippen MR) is 105 cm³/mol. The maximum absolute atomic E-state index is 12.6. The molecule has 0 radical (unpaired) electrons. The molecule has 3 atom stereocenters. The van der Waals surface area contributed by atoms with Gasteiger partial charge in [0.05, 0.1) is 24.7 Å². The van der Waals surface area contributed by atoms with E-state index in [1.807, 2.05) is 0 Å². The zero-order chi connectivity index (χ0) is 21.6. The quantitative estimate of drug-likeness (QED) is 0.399. The summed E-state index contributed by atoms with van der Waals surface area (Å²) in [5.74, 6) is -0.727. The molecule has 3 unspecified atom stereocenters. The van der Waals surface area contributed by atoms with E-state index in [9.17, 15) is 19.7 Å². The van der Waals surface area contributed by atoms with Gasteiger partial charge in [0.15, 0.2) is 17.6 Å². The normalized spacial score (nSPS) is 19.7. The van der Waals surface area contributed by atoms with Crippen LogP contribution in [0.3, 0.4) is 0 Å². The minimum atomic E-state index is -1.09. The Morgan fingerprint density at radius 1 is 1.28 bits per heavy atom. The van der Waals surface area contributed by atoms with Gasteiger partial charge in [-0.2, -0.15) is 0 Å². The third kappa shape index (κ3) is 5.58. The van der Waals surface area contributed by atoms with E-state index in [0.717, 1.165) is 31.7 Å². The van der Waals surface area contributed by atoms with Crippen LogP contribution in [0.15, 0.2) is 12.1 Å². The summed E-state index contributed by atoms with van der Waals surface area (Å²) in [6, 6.07) is 2.35. The largest absolute Gasteiger partial charge is 0.493 e. The first-order chi connectivity index (χ1) is 13.8. The second-order valence-corrected chi connectivity index (χ2v) is 7.13. The van der Waals surface area contributed by atoms with Crippen molar-refractivity contribution in [3.05, 3.63) is 27.8 Å². The Bertz CT molecular complexity index is 765. The smallest absolute Gasteiger partial charge is 0.346 e. The van der Waals surface area contributed by atoms with Gasteiger partial charge in [0.25, 0.3) is 11.6 Å². The fourth-order valence-corrected chi connectivity index (χ4v) is 3.40. The number of methoxy groups -OCH3 is 1. The third-order valence-electron chi connectivity index (χ3n) is 5.09. The highest BCUT2D eigenvalue weighted by molar-refractivity contribution is 5.96. The van der Waals surface area contributed by atoms with Gasteiger partial charge in [-0.25, -0.2) is 4.79 Å². The van der Waals surface area contributed by atoms with E-state index in [0.29, 0.717) is 5.92 Å². The maximum atomic E-state index is 12.6. The monoisotopic (exact) mass is 408 g/mol. The summed E-state index contributed by atoms with van der Waals surface area (Å²) in [6.45, 7) is 5.52. The molecule has 1 aromatic rings. The summed E-state index contributed by atoms with van der Waals surface area (Å²) in [5.41, 5.74) is -0.784. The second kappa shape index (κ2) is 10.1. The third-order valence-corrected chi connectivity index (χ3v) is 5.09. The van der Waals surface area contributed by atoms with E-state index >= 15 is 0 Å². The molecule has 0 aromatic heterocycles. The Labute approximate surface area is 169 Å². The van der Waals surface area contributed by atoms with Crippen molar-refractivity contribution >= 4 is 17.6 Å². The number of nitrogens with one attached hydrogen (secondary N) is 1. The Hall–Kier alpha value is -2.84. The van der Waals surface area contributed by atoms with Crippen LogP contribution in [0.2, 0.25) is 0 Å². The van der Waals surface area contributed by atoms with Crippen LogP contribution in [0.4, 0.5) is 5.69 Å². The number of benzene rings is 1. The first kappa shape index (κ1) is 22.4. The van der Waals surface area contributed by atoms with Crippen molar-refractivity contribution in [2.45, 2.75) is 58.6 Å². The minimum absolute atomic E-state index is 0.0392. The van der Waals surface area contributed by atoms with Gasteiger partial charge in [0, 0.05) is 12.1 Å². The molecule has 29 heavy (non-hydrogen) atoms. The fraction of sp³-hybridized carbons (Fsp3) is 0.600. The zero-order valence-corrected chi connectivity index (χ0v) is 17.2. The molecule has 1 aliphatic carbocycles. The van der Waals surface area contributed by atoms with Crippen LogP contribution >= 0.6 is 0 Å². The Balaban J connectivity index is 2.15. The van der Waals surface area contributed by atoms with Crippen molar-refractivity contribution in [3.8, 4) is 11.5 Å². The summed E-state index contributed by atoms with van der Waals surface area (Å²) in [5, 5.41) is 14.3. The van der Waals surface area contributed by atoms with Crippen molar-refractivity contribution in [2.75, 3.05) is 13.7 Å². The van der Waals surface area contributed by atoms with Gasteiger partial charge in [-0.15, -0.1) is 0 Å². The molecule has 1 aromatic carbocycles. The number of rotatable bonds is 8. The van der Waals surface area contributed by atoms with Crippen molar-refractivity contribution in [3.63, 3.8) is 0 Å². The predicted octanol–water partition coefficient (Wildman–Crippen LogP) is 3.24. The average molecular weight is 408 g/mol. The highest BCUT2D eigenvalue weighted by atomic mass is 16.6. The average Bonchev–Trinajstić information content (AvgIpc) is 2.69. The highest BCUT2D eigenvalue weighted by Gasteiger charge is 2.30. The number of hydrogen-bond donors (Lipinski definition) is 1. The summed E-state index contributed by atoms with van der Waals surface area (Å²) in [4.78, 5) is 35.7. The van der Waals surface area contributed by atoms with Crippen LogP contribution in [-0.4, -0.2) is 42.7 Å². The topological polar surface area (TPSA) is 117 Å². The lowest BCUT2D eigenvalue weighted by molar-refractivity contribution is -0.385. The number of nitro groups is 1. The zero-order valence-electron chi connectivity index (χ0n) is 17.2. The number of amides is 1. The maximum Gasteiger partial charge on any atom is 0.346 e. The van der Waals surface area contributed by atoms with E-state index in [1.54, 1.807) is 6.92 Å². The van der Waals surface area contributed by atoms with Gasteiger partial charge in [-0.3, -0.25) is 14.9 Å². The van der Waals surface area contributed by atoms with Crippen molar-refractivity contribution in [1.82, 2.24) is 5.32 Å². The Morgan fingerprint density at radius 2 is 1.97 bits per heavy atom. The molecule has 1 fully saturated rings. The molecule has 0 spiro atoms. The lowest BCUT2D eigenvalue weighted by Gasteiger charge is -2.30. The van der Waals surface area contributed by atoms with Crippen LogP contribution in [0, 0.1) is 16.0 Å². The van der Waals surface area contributed by atoms with Crippen LogP contribution in [0.5, 0.6) is 11.5 Å². The lowest BCUT2D eigenvalue weighted by atomic mass is 9.86. The SMILES string of the molecule is CCOc1cc([N+](=O)[O-])c(C(=O)OC(C)C(=O)NC2CCCCC2C)cc1OC. The van der Waals surface area contributed by atoms with Gasteiger partial charge < -0.3 is 19.5 Å². The number of nitro benzene ring substituents is 1. The van der Waals surface area contributed by atoms with E-state index in [2.05, 4.69) is 12.2 Å². The number of carbonyl (C=O) groups is 2. The van der Waals surface area contributed by atoms with Crippen LogP contribution in [0.1, 0.15) is 56.8 Å². The number of esters is 1. The van der Waals surface area contributed by atoms with E-state index in [4.69, 9.17) is 14.2 Å². The lowest BCUT2D eigenvalue weighted by Crippen LogP contribution is -2.46. The van der Waals surface area contributed by atoms with Gasteiger partial charge in [0.2, 0.25) is 0 Å². The van der Waals surface area contributed by atoms with E-state index in [-0.39, 0.29) is 29.7 Å². The molecule has 0 heterocycles.